The van der Waals surface area contributed by atoms with E-state index in [4.69, 9.17) is 0 Å². The van der Waals surface area contributed by atoms with Crippen molar-refractivity contribution in [3.8, 4) is 0 Å². The monoisotopic (exact) mass is 178 g/mol. The van der Waals surface area contributed by atoms with Gasteiger partial charge >= 0.3 is 0 Å². The predicted molar refractivity (Wildman–Crippen MR) is 53.4 cm³/mol. The van der Waals surface area contributed by atoms with Crippen LogP contribution in [0.5, 0.6) is 0 Å². The Bertz CT molecular complexity index is 264. The Morgan fingerprint density at radius 2 is 2.31 bits per heavy atom. The standard InChI is InChI=1S/C12H18O/c1-9-5-6-12(2)8-11(13)4-3-10(12)7-9/h5,10H,3-4,6-8H2,1-2H3/t10-,12+/m1/s1. The molecule has 1 fully saturated rings. The number of ketones is 1. The van der Waals surface area contributed by atoms with Crippen molar-refractivity contribution >= 4 is 5.78 Å². The number of carbonyl (C=O) groups is 1. The molecule has 0 saturated heterocycles. The van der Waals surface area contributed by atoms with Crippen LogP contribution in [0.15, 0.2) is 11.6 Å². The van der Waals surface area contributed by atoms with Gasteiger partial charge in [0.2, 0.25) is 0 Å². The normalized spacial score (nSPS) is 39.7. The van der Waals surface area contributed by atoms with Crippen LogP contribution in [0.1, 0.15) is 46.0 Å². The van der Waals surface area contributed by atoms with Crippen molar-refractivity contribution in [1.82, 2.24) is 0 Å². The quantitative estimate of drug-likeness (QED) is 0.521. The Balaban J connectivity index is 2.20. The maximum atomic E-state index is 11.4. The fraction of sp³-hybridized carbons (Fsp3) is 0.750. The summed E-state index contributed by atoms with van der Waals surface area (Å²) in [6.07, 6.45) is 7.45. The molecule has 1 heteroatoms. The fourth-order valence-corrected chi connectivity index (χ4v) is 2.83. The molecule has 0 amide bonds. The van der Waals surface area contributed by atoms with E-state index < -0.39 is 0 Å². The van der Waals surface area contributed by atoms with Crippen LogP contribution in [-0.4, -0.2) is 5.78 Å². The summed E-state index contributed by atoms with van der Waals surface area (Å²) < 4.78 is 0. The Morgan fingerprint density at radius 1 is 1.54 bits per heavy atom. The molecule has 2 rings (SSSR count). The molecular formula is C12H18O. The Labute approximate surface area is 80.2 Å². The summed E-state index contributed by atoms with van der Waals surface area (Å²) >= 11 is 0. The van der Waals surface area contributed by atoms with Gasteiger partial charge < -0.3 is 0 Å². The fourth-order valence-electron chi connectivity index (χ4n) is 2.83. The molecule has 0 N–H and O–H groups in total. The van der Waals surface area contributed by atoms with E-state index in [0.29, 0.717) is 11.2 Å². The summed E-state index contributed by atoms with van der Waals surface area (Å²) in [5.41, 5.74) is 1.83. The third-order valence-electron chi connectivity index (χ3n) is 3.84. The third kappa shape index (κ3) is 1.56. The molecule has 13 heavy (non-hydrogen) atoms. The molecule has 0 aromatic carbocycles. The minimum absolute atomic E-state index is 0.300. The van der Waals surface area contributed by atoms with Crippen molar-refractivity contribution in [2.45, 2.75) is 46.0 Å². The van der Waals surface area contributed by atoms with Crippen molar-refractivity contribution in [2.75, 3.05) is 0 Å². The first-order valence-electron chi connectivity index (χ1n) is 5.27. The lowest BCUT2D eigenvalue weighted by Gasteiger charge is -2.43. The lowest BCUT2D eigenvalue weighted by Crippen LogP contribution is -2.36. The van der Waals surface area contributed by atoms with Gasteiger partial charge in [-0.3, -0.25) is 4.79 Å². The molecule has 1 nitrogen and oxygen atoms in total. The number of hydrogen-bond donors (Lipinski definition) is 0. The largest absolute Gasteiger partial charge is 0.300 e. The molecule has 0 radical (unpaired) electrons. The van der Waals surface area contributed by atoms with Gasteiger partial charge in [0, 0.05) is 12.8 Å². The van der Waals surface area contributed by atoms with Gasteiger partial charge in [0.05, 0.1) is 0 Å². The number of fused-ring (bicyclic) bond motifs is 1. The van der Waals surface area contributed by atoms with E-state index in [0.717, 1.165) is 31.6 Å². The molecule has 0 aliphatic heterocycles. The highest BCUT2D eigenvalue weighted by molar-refractivity contribution is 5.80. The van der Waals surface area contributed by atoms with E-state index in [9.17, 15) is 4.79 Å². The van der Waals surface area contributed by atoms with Crippen LogP contribution in [0.2, 0.25) is 0 Å². The lowest BCUT2D eigenvalue weighted by atomic mass is 9.61. The molecule has 72 valence electrons. The Kier molecular flexibility index (Phi) is 2.05. The van der Waals surface area contributed by atoms with Crippen LogP contribution in [0.25, 0.3) is 0 Å². The summed E-state index contributed by atoms with van der Waals surface area (Å²) in [6.45, 7) is 4.51. The summed E-state index contributed by atoms with van der Waals surface area (Å²) in [5, 5.41) is 0. The molecule has 2 aliphatic rings. The van der Waals surface area contributed by atoms with Gasteiger partial charge in [0.1, 0.15) is 5.78 Å². The van der Waals surface area contributed by atoms with Crippen molar-refractivity contribution in [3.63, 3.8) is 0 Å². The number of Topliss-reactive ketones (excluding diaryl/α,β-unsaturated/α-hetero) is 1. The highest BCUT2D eigenvalue weighted by Gasteiger charge is 2.40. The highest BCUT2D eigenvalue weighted by Crippen LogP contribution is 2.48. The zero-order valence-corrected chi connectivity index (χ0v) is 8.60. The van der Waals surface area contributed by atoms with E-state index in [2.05, 4.69) is 19.9 Å². The number of carbonyl (C=O) groups excluding carboxylic acids is 1. The number of allylic oxidation sites excluding steroid dienone is 2. The van der Waals surface area contributed by atoms with Gasteiger partial charge in [-0.2, -0.15) is 0 Å². The van der Waals surface area contributed by atoms with Crippen LogP contribution in [0.3, 0.4) is 0 Å². The average molecular weight is 178 g/mol. The maximum Gasteiger partial charge on any atom is 0.133 e. The first-order chi connectivity index (χ1) is 6.10. The van der Waals surface area contributed by atoms with Gasteiger partial charge in [-0.1, -0.05) is 18.6 Å². The summed E-state index contributed by atoms with van der Waals surface area (Å²) in [7, 11) is 0. The molecule has 1 saturated carbocycles. The highest BCUT2D eigenvalue weighted by atomic mass is 16.1. The van der Waals surface area contributed by atoms with Gasteiger partial charge in [0.15, 0.2) is 0 Å². The number of rotatable bonds is 0. The summed E-state index contributed by atoms with van der Waals surface area (Å²) in [4.78, 5) is 11.4. The van der Waals surface area contributed by atoms with E-state index in [1.165, 1.54) is 12.0 Å². The van der Waals surface area contributed by atoms with Gasteiger partial charge in [-0.05, 0) is 37.5 Å². The zero-order valence-electron chi connectivity index (χ0n) is 8.60. The minimum Gasteiger partial charge on any atom is -0.300 e. The first kappa shape index (κ1) is 8.98. The Morgan fingerprint density at radius 3 is 3.08 bits per heavy atom. The first-order valence-corrected chi connectivity index (χ1v) is 5.27. The van der Waals surface area contributed by atoms with Crippen molar-refractivity contribution in [2.24, 2.45) is 11.3 Å². The SMILES string of the molecule is CC1=CC[C@@]2(C)CC(=O)CC[C@@H]2C1. The second kappa shape index (κ2) is 2.97. The topological polar surface area (TPSA) is 17.1 Å². The Hall–Kier alpha value is -0.590. The van der Waals surface area contributed by atoms with E-state index in [1.54, 1.807) is 0 Å². The lowest BCUT2D eigenvalue weighted by molar-refractivity contribution is -0.125. The summed E-state index contributed by atoms with van der Waals surface area (Å²) in [6, 6.07) is 0. The number of hydrogen-bond acceptors (Lipinski definition) is 1. The minimum atomic E-state index is 0.300. The third-order valence-corrected chi connectivity index (χ3v) is 3.84. The van der Waals surface area contributed by atoms with Crippen LogP contribution in [0.4, 0.5) is 0 Å². The molecule has 0 aromatic heterocycles. The molecule has 0 bridgehead atoms. The van der Waals surface area contributed by atoms with Crippen molar-refractivity contribution in [3.05, 3.63) is 11.6 Å². The smallest absolute Gasteiger partial charge is 0.133 e. The van der Waals surface area contributed by atoms with Crippen LogP contribution < -0.4 is 0 Å². The van der Waals surface area contributed by atoms with Gasteiger partial charge in [0.25, 0.3) is 0 Å². The predicted octanol–water partition coefficient (Wildman–Crippen LogP) is 3.10. The molecule has 2 atom stereocenters. The van der Waals surface area contributed by atoms with E-state index in [1.807, 2.05) is 0 Å². The molecule has 2 aliphatic carbocycles. The van der Waals surface area contributed by atoms with Gasteiger partial charge in [-0.25, -0.2) is 0 Å². The second-order valence-corrected chi connectivity index (χ2v) is 5.06. The van der Waals surface area contributed by atoms with Gasteiger partial charge in [-0.15, -0.1) is 0 Å². The second-order valence-electron chi connectivity index (χ2n) is 5.06. The van der Waals surface area contributed by atoms with Crippen LogP contribution in [-0.2, 0) is 4.79 Å². The van der Waals surface area contributed by atoms with Crippen LogP contribution in [0, 0.1) is 11.3 Å². The maximum absolute atomic E-state index is 11.4. The summed E-state index contributed by atoms with van der Waals surface area (Å²) in [5.74, 6) is 1.25. The molecule has 0 unspecified atom stereocenters. The molecular weight excluding hydrogens is 160 g/mol. The molecule has 0 aromatic rings. The molecule has 0 heterocycles. The van der Waals surface area contributed by atoms with Crippen molar-refractivity contribution < 1.29 is 4.79 Å². The zero-order chi connectivity index (χ0) is 9.47. The molecule has 0 spiro atoms. The van der Waals surface area contributed by atoms with E-state index >= 15 is 0 Å². The van der Waals surface area contributed by atoms with E-state index in [-0.39, 0.29) is 0 Å². The average Bonchev–Trinajstić information content (AvgIpc) is 2.06. The van der Waals surface area contributed by atoms with Crippen LogP contribution >= 0.6 is 0 Å². The van der Waals surface area contributed by atoms with Crippen molar-refractivity contribution in [1.29, 1.82) is 0 Å².